The summed E-state index contributed by atoms with van der Waals surface area (Å²) in [5.74, 6) is 0.0914. The van der Waals surface area contributed by atoms with Crippen LogP contribution in [0.25, 0.3) is 0 Å². The molecular formula is C9H8Cl2N2O3S. The molecule has 0 fully saturated rings. The first kappa shape index (κ1) is 14.0. The van der Waals surface area contributed by atoms with E-state index in [1.54, 1.807) is 0 Å². The Morgan fingerprint density at radius 1 is 1.53 bits per heavy atom. The van der Waals surface area contributed by atoms with E-state index < -0.39 is 4.92 Å². The van der Waals surface area contributed by atoms with Gasteiger partial charge >= 0.3 is 0 Å². The molecule has 5 nitrogen and oxygen atoms in total. The van der Waals surface area contributed by atoms with Crippen molar-refractivity contribution in [1.29, 1.82) is 0 Å². The Kier molecular flexibility index (Phi) is 4.92. The van der Waals surface area contributed by atoms with Crippen LogP contribution in [0.15, 0.2) is 12.1 Å². The first-order valence-corrected chi connectivity index (χ1v) is 5.71. The third-order valence-corrected chi connectivity index (χ3v) is 2.55. The number of nitro benzene ring substituents is 1. The molecule has 0 radical (unpaired) electrons. The first-order chi connectivity index (χ1) is 7.95. The minimum Gasteiger partial charge on any atom is -0.430 e. The molecular weight excluding hydrogens is 287 g/mol. The van der Waals surface area contributed by atoms with Crippen molar-refractivity contribution in [2.24, 2.45) is 0 Å². The van der Waals surface area contributed by atoms with E-state index in [2.05, 4.69) is 5.32 Å². The smallest absolute Gasteiger partial charge is 0.291 e. The molecule has 0 spiro atoms. The van der Waals surface area contributed by atoms with Crippen LogP contribution in [0, 0.1) is 10.1 Å². The van der Waals surface area contributed by atoms with Gasteiger partial charge in [-0.2, -0.15) is 0 Å². The molecule has 0 aromatic heterocycles. The SMILES string of the molecule is CCNC(=S)Oc1cc([N+](=O)[O-])c(Cl)cc1Cl. The summed E-state index contributed by atoms with van der Waals surface area (Å²) in [6.45, 7) is 2.41. The summed E-state index contributed by atoms with van der Waals surface area (Å²) >= 11 is 16.3. The molecule has 0 saturated heterocycles. The van der Waals surface area contributed by atoms with E-state index in [1.807, 2.05) is 6.92 Å². The number of ether oxygens (including phenoxy) is 1. The maximum atomic E-state index is 10.7. The summed E-state index contributed by atoms with van der Waals surface area (Å²) in [5.41, 5.74) is -0.287. The standard InChI is InChI=1S/C9H8Cl2N2O3S/c1-2-12-9(17)16-8-4-7(13(14)15)5(10)3-6(8)11/h3-4H,2H2,1H3,(H,12,17). The van der Waals surface area contributed by atoms with Gasteiger partial charge in [-0.1, -0.05) is 23.2 Å². The van der Waals surface area contributed by atoms with Gasteiger partial charge in [-0.05, 0) is 25.2 Å². The predicted octanol–water partition coefficient (Wildman–Crippen LogP) is 3.17. The van der Waals surface area contributed by atoms with Gasteiger partial charge in [0.15, 0.2) is 5.75 Å². The molecule has 1 N–H and O–H groups in total. The second kappa shape index (κ2) is 6.00. The van der Waals surface area contributed by atoms with Crippen LogP contribution in [0.2, 0.25) is 10.0 Å². The van der Waals surface area contributed by atoms with Gasteiger partial charge in [0.25, 0.3) is 10.9 Å². The van der Waals surface area contributed by atoms with Crippen LogP contribution in [-0.4, -0.2) is 16.6 Å². The van der Waals surface area contributed by atoms with Crippen molar-refractivity contribution in [1.82, 2.24) is 5.32 Å². The number of rotatable bonds is 3. The van der Waals surface area contributed by atoms with Gasteiger partial charge < -0.3 is 10.1 Å². The molecule has 0 heterocycles. The molecule has 1 aromatic carbocycles. The number of nitrogens with zero attached hydrogens (tertiary/aromatic N) is 1. The lowest BCUT2D eigenvalue weighted by Crippen LogP contribution is -2.26. The quantitative estimate of drug-likeness (QED) is 0.527. The summed E-state index contributed by atoms with van der Waals surface area (Å²) < 4.78 is 5.16. The van der Waals surface area contributed by atoms with Crippen LogP contribution >= 0.6 is 35.4 Å². The molecule has 17 heavy (non-hydrogen) atoms. The molecule has 0 saturated carbocycles. The van der Waals surface area contributed by atoms with Gasteiger partial charge in [0.1, 0.15) is 5.02 Å². The Labute approximate surface area is 113 Å². The second-order valence-electron chi connectivity index (χ2n) is 2.91. The molecule has 1 aromatic rings. The highest BCUT2D eigenvalue weighted by Crippen LogP contribution is 2.35. The van der Waals surface area contributed by atoms with Gasteiger partial charge in [0.05, 0.1) is 16.0 Å². The highest BCUT2D eigenvalue weighted by molar-refractivity contribution is 7.80. The van der Waals surface area contributed by atoms with Gasteiger partial charge in [-0.15, -0.1) is 0 Å². The number of nitro groups is 1. The summed E-state index contributed by atoms with van der Waals surface area (Å²) in [5, 5.41) is 13.6. The Morgan fingerprint density at radius 2 is 2.18 bits per heavy atom. The Bertz CT molecular complexity index is 468. The minimum absolute atomic E-state index is 0.0540. The zero-order valence-corrected chi connectivity index (χ0v) is 11.0. The average Bonchev–Trinajstić information content (AvgIpc) is 2.21. The molecule has 8 heteroatoms. The van der Waals surface area contributed by atoms with Gasteiger partial charge in [0.2, 0.25) is 0 Å². The number of thiocarbonyl (C=S) groups is 1. The summed E-state index contributed by atoms with van der Waals surface area (Å²) in [6, 6.07) is 2.37. The third-order valence-electron chi connectivity index (χ3n) is 1.72. The van der Waals surface area contributed by atoms with Gasteiger partial charge in [0, 0.05) is 6.54 Å². The lowest BCUT2D eigenvalue weighted by Gasteiger charge is -2.09. The number of benzene rings is 1. The monoisotopic (exact) mass is 294 g/mol. The first-order valence-electron chi connectivity index (χ1n) is 4.54. The van der Waals surface area contributed by atoms with Crippen molar-refractivity contribution in [3.8, 4) is 5.75 Å². The number of hydrogen-bond donors (Lipinski definition) is 1. The lowest BCUT2D eigenvalue weighted by molar-refractivity contribution is -0.384. The van der Waals surface area contributed by atoms with E-state index in [1.165, 1.54) is 6.07 Å². The summed E-state index contributed by atoms with van der Waals surface area (Å²) in [6.07, 6.45) is 0. The van der Waals surface area contributed by atoms with Gasteiger partial charge in [-0.3, -0.25) is 10.1 Å². The Hall–Kier alpha value is -1.11. The number of halogens is 2. The maximum absolute atomic E-state index is 10.7. The third kappa shape index (κ3) is 3.69. The van der Waals surface area contributed by atoms with Crippen LogP contribution in [0.5, 0.6) is 5.75 Å². The lowest BCUT2D eigenvalue weighted by atomic mass is 10.3. The highest BCUT2D eigenvalue weighted by atomic mass is 35.5. The maximum Gasteiger partial charge on any atom is 0.291 e. The highest BCUT2D eigenvalue weighted by Gasteiger charge is 2.17. The molecule has 0 aliphatic rings. The van der Waals surface area contributed by atoms with E-state index in [0.29, 0.717) is 6.54 Å². The van der Waals surface area contributed by atoms with Gasteiger partial charge in [-0.25, -0.2) is 0 Å². The van der Waals surface area contributed by atoms with Crippen molar-refractivity contribution >= 4 is 46.3 Å². The molecule has 0 aliphatic heterocycles. The molecule has 1 rings (SSSR count). The van der Waals surface area contributed by atoms with Crippen LogP contribution in [0.4, 0.5) is 5.69 Å². The Balaban J connectivity index is 3.03. The van der Waals surface area contributed by atoms with Crippen molar-refractivity contribution < 1.29 is 9.66 Å². The van der Waals surface area contributed by atoms with E-state index in [0.717, 1.165) is 6.07 Å². The zero-order valence-electron chi connectivity index (χ0n) is 8.70. The van der Waals surface area contributed by atoms with E-state index >= 15 is 0 Å². The topological polar surface area (TPSA) is 64.4 Å². The fourth-order valence-corrected chi connectivity index (χ4v) is 1.74. The van der Waals surface area contributed by atoms with Crippen LogP contribution < -0.4 is 10.1 Å². The predicted molar refractivity (Wildman–Crippen MR) is 70.0 cm³/mol. The zero-order chi connectivity index (χ0) is 13.0. The number of nitrogens with one attached hydrogen (secondary N) is 1. The summed E-state index contributed by atoms with van der Waals surface area (Å²) in [4.78, 5) is 10.0. The molecule has 92 valence electrons. The van der Waals surface area contributed by atoms with Crippen molar-refractivity contribution in [2.45, 2.75) is 6.92 Å². The minimum atomic E-state index is -0.623. The normalized spacial score (nSPS) is 9.82. The molecule has 0 amide bonds. The van der Waals surface area contributed by atoms with Crippen LogP contribution in [0.3, 0.4) is 0 Å². The van der Waals surface area contributed by atoms with Crippen molar-refractivity contribution in [2.75, 3.05) is 6.54 Å². The van der Waals surface area contributed by atoms with E-state index in [-0.39, 0.29) is 26.7 Å². The fourth-order valence-electron chi connectivity index (χ4n) is 1.02. The van der Waals surface area contributed by atoms with E-state index in [9.17, 15) is 10.1 Å². The van der Waals surface area contributed by atoms with Crippen LogP contribution in [0.1, 0.15) is 6.92 Å². The average molecular weight is 295 g/mol. The van der Waals surface area contributed by atoms with Crippen LogP contribution in [-0.2, 0) is 0 Å². The molecule has 0 atom stereocenters. The number of hydrogen-bond acceptors (Lipinski definition) is 4. The van der Waals surface area contributed by atoms with Crippen molar-refractivity contribution in [3.05, 3.63) is 32.3 Å². The fraction of sp³-hybridized carbons (Fsp3) is 0.222. The molecule has 0 aliphatic carbocycles. The largest absolute Gasteiger partial charge is 0.430 e. The van der Waals surface area contributed by atoms with Crippen molar-refractivity contribution in [3.63, 3.8) is 0 Å². The second-order valence-corrected chi connectivity index (χ2v) is 4.10. The Morgan fingerprint density at radius 3 is 2.71 bits per heavy atom. The molecule has 0 unspecified atom stereocenters. The summed E-state index contributed by atoms with van der Waals surface area (Å²) in [7, 11) is 0. The van der Waals surface area contributed by atoms with E-state index in [4.69, 9.17) is 40.2 Å². The molecule has 0 bridgehead atoms.